The highest BCUT2D eigenvalue weighted by atomic mass is 32.1. The summed E-state index contributed by atoms with van der Waals surface area (Å²) < 4.78 is 1.92. The highest BCUT2D eigenvalue weighted by Crippen LogP contribution is 2.06. The van der Waals surface area contributed by atoms with Crippen molar-refractivity contribution in [2.75, 3.05) is 13.1 Å². The molecule has 6 heteroatoms. The van der Waals surface area contributed by atoms with Gasteiger partial charge in [0.05, 0.1) is 4.99 Å². The molecule has 0 fully saturated rings. The highest BCUT2D eigenvalue weighted by molar-refractivity contribution is 7.80. The van der Waals surface area contributed by atoms with Crippen molar-refractivity contribution in [3.63, 3.8) is 0 Å². The molecule has 0 atom stereocenters. The van der Waals surface area contributed by atoms with Crippen LogP contribution in [-0.2, 0) is 13.0 Å². The van der Waals surface area contributed by atoms with Gasteiger partial charge in [-0.15, -0.1) is 5.10 Å². The molecule has 1 heterocycles. The van der Waals surface area contributed by atoms with Crippen molar-refractivity contribution in [3.8, 4) is 0 Å². The molecular weight excluding hydrogens is 258 g/mol. The van der Waals surface area contributed by atoms with Gasteiger partial charge < -0.3 is 4.90 Å². The van der Waals surface area contributed by atoms with Gasteiger partial charge >= 0.3 is 0 Å². The van der Waals surface area contributed by atoms with Crippen LogP contribution in [0.2, 0.25) is 0 Å². The van der Waals surface area contributed by atoms with Crippen LogP contribution in [0.15, 0.2) is 0 Å². The van der Waals surface area contributed by atoms with E-state index >= 15 is 0 Å². The Hall–Kier alpha value is -1.04. The van der Waals surface area contributed by atoms with Crippen molar-refractivity contribution >= 4 is 17.2 Å². The lowest BCUT2D eigenvalue weighted by Gasteiger charge is -2.21. The molecule has 1 aromatic rings. The predicted molar refractivity (Wildman–Crippen MR) is 81.2 cm³/mol. The van der Waals surface area contributed by atoms with E-state index in [-0.39, 0.29) is 0 Å². The molecule has 0 aromatic carbocycles. The van der Waals surface area contributed by atoms with E-state index in [9.17, 15) is 0 Å². The molecule has 0 saturated heterocycles. The number of nitrogens with zero attached hydrogens (tertiary/aromatic N) is 5. The third-order valence-electron chi connectivity index (χ3n) is 3.24. The van der Waals surface area contributed by atoms with Gasteiger partial charge in [0, 0.05) is 26.1 Å². The van der Waals surface area contributed by atoms with Crippen molar-refractivity contribution in [2.45, 2.75) is 59.4 Å². The second-order valence-electron chi connectivity index (χ2n) is 4.59. The fraction of sp³-hybridized carbons (Fsp3) is 0.846. The largest absolute Gasteiger partial charge is 0.367 e. The van der Waals surface area contributed by atoms with Gasteiger partial charge in [0.2, 0.25) is 0 Å². The molecule has 0 N–H and O–H groups in total. The first-order valence-corrected chi connectivity index (χ1v) is 7.66. The molecule has 19 heavy (non-hydrogen) atoms. The average Bonchev–Trinajstić information content (AvgIpc) is 2.85. The van der Waals surface area contributed by atoms with Crippen LogP contribution in [-0.4, -0.2) is 43.2 Å². The summed E-state index contributed by atoms with van der Waals surface area (Å²) in [5.74, 6) is 0.982. The van der Waals surface area contributed by atoms with Gasteiger partial charge in [-0.1, -0.05) is 25.6 Å². The molecule has 0 aliphatic rings. The molecule has 5 nitrogen and oxygen atoms in total. The topological polar surface area (TPSA) is 46.8 Å². The van der Waals surface area contributed by atoms with Crippen LogP contribution >= 0.6 is 12.2 Å². The molecule has 0 aliphatic heterocycles. The SMILES string of the molecule is CCCCn1nnnc1CCCC(=S)N(CC)CC. The minimum atomic E-state index is 0.901. The molecule has 0 unspecified atom stereocenters. The fourth-order valence-electron chi connectivity index (χ4n) is 2.02. The third-order valence-corrected chi connectivity index (χ3v) is 3.70. The lowest BCUT2D eigenvalue weighted by atomic mass is 10.2. The standard InChI is InChI=1S/C13H25N5S/c1-4-7-11-18-12(14-15-16-18)9-8-10-13(19)17(5-2)6-3/h4-11H2,1-3H3. The average molecular weight is 283 g/mol. The number of hydrogen-bond acceptors (Lipinski definition) is 4. The third kappa shape index (κ3) is 5.22. The fourth-order valence-corrected chi connectivity index (χ4v) is 2.42. The first kappa shape index (κ1) is 16.0. The molecule has 0 bridgehead atoms. The van der Waals surface area contributed by atoms with E-state index in [1.54, 1.807) is 0 Å². The number of aromatic nitrogens is 4. The smallest absolute Gasteiger partial charge is 0.151 e. The van der Waals surface area contributed by atoms with Crippen LogP contribution in [0, 0.1) is 0 Å². The van der Waals surface area contributed by atoms with E-state index in [1.807, 2.05) is 4.68 Å². The maximum absolute atomic E-state index is 5.44. The van der Waals surface area contributed by atoms with E-state index in [2.05, 4.69) is 41.2 Å². The van der Waals surface area contributed by atoms with Crippen molar-refractivity contribution in [3.05, 3.63) is 5.82 Å². The predicted octanol–water partition coefficient (Wildman–Crippen LogP) is 2.47. The molecule has 108 valence electrons. The maximum atomic E-state index is 5.44. The molecule has 0 spiro atoms. The van der Waals surface area contributed by atoms with Gasteiger partial charge in [-0.25, -0.2) is 4.68 Å². The molecule has 0 radical (unpaired) electrons. The number of hydrogen-bond donors (Lipinski definition) is 0. The van der Waals surface area contributed by atoms with E-state index < -0.39 is 0 Å². The molecule has 0 saturated carbocycles. The number of aryl methyl sites for hydroxylation is 2. The highest BCUT2D eigenvalue weighted by Gasteiger charge is 2.08. The van der Waals surface area contributed by atoms with E-state index in [0.717, 1.165) is 62.6 Å². The van der Waals surface area contributed by atoms with Crippen molar-refractivity contribution in [2.24, 2.45) is 0 Å². The number of unbranched alkanes of at least 4 members (excludes halogenated alkanes) is 1. The Bertz CT molecular complexity index is 373. The zero-order chi connectivity index (χ0) is 14.1. The normalized spacial score (nSPS) is 10.7. The Balaban J connectivity index is 2.36. The van der Waals surface area contributed by atoms with Gasteiger partial charge in [0.25, 0.3) is 0 Å². The number of rotatable bonds is 9. The summed E-state index contributed by atoms with van der Waals surface area (Å²) in [4.78, 5) is 3.28. The first-order valence-electron chi connectivity index (χ1n) is 7.25. The Labute approximate surface area is 121 Å². The lowest BCUT2D eigenvalue weighted by molar-refractivity contribution is 0.461. The summed E-state index contributed by atoms with van der Waals surface area (Å²) in [6, 6.07) is 0. The summed E-state index contributed by atoms with van der Waals surface area (Å²) in [5.41, 5.74) is 0. The minimum absolute atomic E-state index is 0.901. The Morgan fingerprint density at radius 3 is 2.58 bits per heavy atom. The zero-order valence-electron chi connectivity index (χ0n) is 12.3. The second kappa shape index (κ2) is 8.96. The van der Waals surface area contributed by atoms with Crippen LogP contribution in [0.4, 0.5) is 0 Å². The van der Waals surface area contributed by atoms with E-state index in [1.165, 1.54) is 0 Å². The summed E-state index contributed by atoms with van der Waals surface area (Å²) in [5, 5.41) is 11.9. The van der Waals surface area contributed by atoms with Gasteiger partial charge in [0.15, 0.2) is 5.82 Å². The molecule has 1 rings (SSSR count). The quantitative estimate of drug-likeness (QED) is 0.652. The van der Waals surface area contributed by atoms with Crippen LogP contribution < -0.4 is 0 Å². The van der Waals surface area contributed by atoms with Crippen LogP contribution in [0.25, 0.3) is 0 Å². The Kier molecular flexibility index (Phi) is 7.55. The maximum Gasteiger partial charge on any atom is 0.151 e. The first-order chi connectivity index (χ1) is 9.22. The summed E-state index contributed by atoms with van der Waals surface area (Å²) >= 11 is 5.44. The minimum Gasteiger partial charge on any atom is -0.367 e. The summed E-state index contributed by atoms with van der Waals surface area (Å²) in [6.45, 7) is 9.35. The Morgan fingerprint density at radius 1 is 1.21 bits per heavy atom. The van der Waals surface area contributed by atoms with Crippen LogP contribution in [0.3, 0.4) is 0 Å². The van der Waals surface area contributed by atoms with Crippen LogP contribution in [0.5, 0.6) is 0 Å². The monoisotopic (exact) mass is 283 g/mol. The number of tetrazole rings is 1. The summed E-state index contributed by atoms with van der Waals surface area (Å²) in [6.07, 6.45) is 5.14. The summed E-state index contributed by atoms with van der Waals surface area (Å²) in [7, 11) is 0. The number of thiocarbonyl (C=S) groups is 1. The van der Waals surface area contributed by atoms with Crippen molar-refractivity contribution in [1.82, 2.24) is 25.1 Å². The zero-order valence-corrected chi connectivity index (χ0v) is 13.1. The van der Waals surface area contributed by atoms with Gasteiger partial charge in [-0.05, 0) is 43.5 Å². The van der Waals surface area contributed by atoms with Crippen molar-refractivity contribution in [1.29, 1.82) is 0 Å². The molecule has 1 aromatic heterocycles. The van der Waals surface area contributed by atoms with Crippen molar-refractivity contribution < 1.29 is 0 Å². The molecule has 0 amide bonds. The lowest BCUT2D eigenvalue weighted by Crippen LogP contribution is -2.28. The van der Waals surface area contributed by atoms with E-state index in [4.69, 9.17) is 12.2 Å². The van der Waals surface area contributed by atoms with Crippen LogP contribution in [0.1, 0.15) is 52.3 Å². The van der Waals surface area contributed by atoms with Gasteiger partial charge in [-0.3, -0.25) is 0 Å². The molecule has 0 aliphatic carbocycles. The van der Waals surface area contributed by atoms with Gasteiger partial charge in [-0.2, -0.15) is 0 Å². The van der Waals surface area contributed by atoms with Gasteiger partial charge in [0.1, 0.15) is 0 Å². The van der Waals surface area contributed by atoms with E-state index in [0.29, 0.717) is 0 Å². The Morgan fingerprint density at radius 2 is 1.95 bits per heavy atom. The molecular formula is C13H25N5S. The second-order valence-corrected chi connectivity index (χ2v) is 5.06.